The molecule has 0 bridgehead atoms. The minimum absolute atomic E-state index is 0.169. The normalized spacial score (nSPS) is 10.5. The van der Waals surface area contributed by atoms with E-state index in [-0.39, 0.29) is 5.91 Å². The van der Waals surface area contributed by atoms with Crippen molar-refractivity contribution in [3.63, 3.8) is 0 Å². The van der Waals surface area contributed by atoms with Crippen LogP contribution in [0.2, 0.25) is 15.1 Å². The highest BCUT2D eigenvalue weighted by atomic mass is 79.9. The number of hydrogen-bond donors (Lipinski definition) is 0. The summed E-state index contributed by atoms with van der Waals surface area (Å²) in [5.41, 5.74) is 1.30. The van der Waals surface area contributed by atoms with Gasteiger partial charge in [-0.2, -0.15) is 0 Å². The van der Waals surface area contributed by atoms with Crippen LogP contribution >= 0.6 is 50.7 Å². The van der Waals surface area contributed by atoms with Gasteiger partial charge in [0.25, 0.3) is 5.91 Å². The Kier molecular flexibility index (Phi) is 5.55. The summed E-state index contributed by atoms with van der Waals surface area (Å²) in [6.07, 6.45) is 0. The summed E-state index contributed by atoms with van der Waals surface area (Å²) in [6, 6.07) is 10.5. The minimum atomic E-state index is -0.169. The molecule has 0 heterocycles. The lowest BCUT2D eigenvalue weighted by Gasteiger charge is -2.18. The second-order valence-corrected chi connectivity index (χ2v) is 6.65. The maximum absolute atomic E-state index is 12.4. The van der Waals surface area contributed by atoms with Crippen molar-refractivity contribution >= 4 is 56.6 Å². The Hall–Kier alpha value is -0.740. The van der Waals surface area contributed by atoms with Crippen LogP contribution in [0.4, 0.5) is 0 Å². The molecule has 0 aliphatic carbocycles. The second-order valence-electron chi connectivity index (χ2n) is 4.54. The molecule has 21 heavy (non-hydrogen) atoms. The molecule has 0 fully saturated rings. The molecule has 2 aromatic carbocycles. The van der Waals surface area contributed by atoms with E-state index in [0.29, 0.717) is 31.6 Å². The standard InChI is InChI=1S/C15H11BrCl3NO/c1-20(8-9-5-10(17)7-11(18)6-9)15(21)12-3-2-4-13(16)14(12)19/h2-7H,8H2,1H3. The van der Waals surface area contributed by atoms with Crippen LogP contribution in [0.5, 0.6) is 0 Å². The molecule has 0 aliphatic heterocycles. The zero-order valence-electron chi connectivity index (χ0n) is 11.0. The summed E-state index contributed by atoms with van der Waals surface area (Å²) in [7, 11) is 1.70. The zero-order chi connectivity index (χ0) is 15.6. The smallest absolute Gasteiger partial charge is 0.255 e. The summed E-state index contributed by atoms with van der Waals surface area (Å²) in [5.74, 6) is -0.169. The van der Waals surface area contributed by atoms with Gasteiger partial charge in [-0.3, -0.25) is 4.79 Å². The molecule has 0 aliphatic rings. The highest BCUT2D eigenvalue weighted by Crippen LogP contribution is 2.27. The third kappa shape index (κ3) is 4.13. The highest BCUT2D eigenvalue weighted by Gasteiger charge is 2.17. The van der Waals surface area contributed by atoms with Crippen molar-refractivity contribution in [3.05, 3.63) is 67.1 Å². The molecule has 0 saturated carbocycles. The van der Waals surface area contributed by atoms with Crippen LogP contribution < -0.4 is 0 Å². The predicted octanol–water partition coefficient (Wildman–Crippen LogP) is 5.68. The number of nitrogens with zero attached hydrogens (tertiary/aromatic N) is 1. The molecule has 2 aromatic rings. The van der Waals surface area contributed by atoms with E-state index in [4.69, 9.17) is 34.8 Å². The molecule has 0 aromatic heterocycles. The quantitative estimate of drug-likeness (QED) is 0.641. The lowest BCUT2D eigenvalue weighted by molar-refractivity contribution is 0.0785. The topological polar surface area (TPSA) is 20.3 Å². The summed E-state index contributed by atoms with van der Waals surface area (Å²) in [6.45, 7) is 0.391. The second kappa shape index (κ2) is 7.01. The number of hydrogen-bond acceptors (Lipinski definition) is 1. The molecule has 2 rings (SSSR count). The molecule has 6 heteroatoms. The number of amides is 1. The number of benzene rings is 2. The third-order valence-electron chi connectivity index (χ3n) is 2.87. The Morgan fingerprint density at radius 1 is 1.14 bits per heavy atom. The van der Waals surface area contributed by atoms with Gasteiger partial charge >= 0.3 is 0 Å². The Morgan fingerprint density at radius 3 is 2.38 bits per heavy atom. The molecule has 0 N–H and O–H groups in total. The Labute approximate surface area is 146 Å². The summed E-state index contributed by atoms with van der Waals surface area (Å²) in [4.78, 5) is 14.0. The molecule has 1 amide bonds. The van der Waals surface area contributed by atoms with Crippen molar-refractivity contribution in [1.29, 1.82) is 0 Å². The van der Waals surface area contributed by atoms with Crippen molar-refractivity contribution in [2.24, 2.45) is 0 Å². The molecule has 0 spiro atoms. The predicted molar refractivity (Wildman–Crippen MR) is 91.4 cm³/mol. The van der Waals surface area contributed by atoms with Crippen LogP contribution in [-0.2, 0) is 6.54 Å². The van der Waals surface area contributed by atoms with E-state index >= 15 is 0 Å². The fraction of sp³-hybridized carbons (Fsp3) is 0.133. The number of carbonyl (C=O) groups is 1. The molecular formula is C15H11BrCl3NO. The molecule has 0 saturated heterocycles. The van der Waals surface area contributed by atoms with Crippen LogP contribution in [0.25, 0.3) is 0 Å². The average molecular weight is 408 g/mol. The molecule has 0 atom stereocenters. The fourth-order valence-electron chi connectivity index (χ4n) is 1.92. The first-order valence-corrected chi connectivity index (χ1v) is 7.95. The SMILES string of the molecule is CN(Cc1cc(Cl)cc(Cl)c1)C(=O)c1cccc(Br)c1Cl. The molecule has 2 nitrogen and oxygen atoms in total. The van der Waals surface area contributed by atoms with Gasteiger partial charge in [-0.25, -0.2) is 0 Å². The monoisotopic (exact) mass is 405 g/mol. The largest absolute Gasteiger partial charge is 0.337 e. The van der Waals surface area contributed by atoms with Gasteiger partial charge in [0.2, 0.25) is 0 Å². The van der Waals surface area contributed by atoms with Crippen LogP contribution in [0.15, 0.2) is 40.9 Å². The average Bonchev–Trinajstić information content (AvgIpc) is 2.40. The van der Waals surface area contributed by atoms with Crippen LogP contribution in [-0.4, -0.2) is 17.9 Å². The van der Waals surface area contributed by atoms with Crippen molar-refractivity contribution in [1.82, 2.24) is 4.90 Å². The van der Waals surface area contributed by atoms with Crippen molar-refractivity contribution < 1.29 is 4.79 Å². The first-order valence-electron chi connectivity index (χ1n) is 6.03. The van der Waals surface area contributed by atoms with Crippen LogP contribution in [0, 0.1) is 0 Å². The first kappa shape index (κ1) is 16.6. The van der Waals surface area contributed by atoms with Crippen LogP contribution in [0.3, 0.4) is 0 Å². The van der Waals surface area contributed by atoms with E-state index in [9.17, 15) is 4.79 Å². The van der Waals surface area contributed by atoms with Crippen LogP contribution in [0.1, 0.15) is 15.9 Å². The number of carbonyl (C=O) groups excluding carboxylic acids is 1. The van der Waals surface area contributed by atoms with Gasteiger partial charge in [0.15, 0.2) is 0 Å². The van der Waals surface area contributed by atoms with E-state index in [1.54, 1.807) is 48.3 Å². The van der Waals surface area contributed by atoms with Gasteiger partial charge in [0.1, 0.15) is 0 Å². The number of rotatable bonds is 3. The number of halogens is 4. The molecular weight excluding hydrogens is 396 g/mol. The van der Waals surface area contributed by atoms with Gasteiger partial charge in [-0.15, -0.1) is 0 Å². The van der Waals surface area contributed by atoms with E-state index in [0.717, 1.165) is 5.56 Å². The fourth-order valence-corrected chi connectivity index (χ4v) is 3.07. The van der Waals surface area contributed by atoms with Crippen molar-refractivity contribution in [2.75, 3.05) is 7.05 Å². The minimum Gasteiger partial charge on any atom is -0.337 e. The maximum atomic E-state index is 12.4. The lowest BCUT2D eigenvalue weighted by Crippen LogP contribution is -2.26. The van der Waals surface area contributed by atoms with Gasteiger partial charge in [-0.1, -0.05) is 40.9 Å². The Balaban J connectivity index is 2.21. The van der Waals surface area contributed by atoms with Crippen molar-refractivity contribution in [2.45, 2.75) is 6.54 Å². The van der Waals surface area contributed by atoms with Gasteiger partial charge in [0, 0.05) is 28.1 Å². The maximum Gasteiger partial charge on any atom is 0.255 e. The van der Waals surface area contributed by atoms with Crippen molar-refractivity contribution in [3.8, 4) is 0 Å². The highest BCUT2D eigenvalue weighted by molar-refractivity contribution is 9.10. The summed E-state index contributed by atoms with van der Waals surface area (Å²) >= 11 is 21.4. The first-order chi connectivity index (χ1) is 9.88. The molecule has 0 unspecified atom stereocenters. The summed E-state index contributed by atoms with van der Waals surface area (Å²) in [5, 5.41) is 1.48. The van der Waals surface area contributed by atoms with Gasteiger partial charge in [-0.05, 0) is 51.8 Å². The Morgan fingerprint density at radius 2 is 1.76 bits per heavy atom. The third-order valence-corrected chi connectivity index (χ3v) is 4.60. The van der Waals surface area contributed by atoms with E-state index in [2.05, 4.69) is 15.9 Å². The van der Waals surface area contributed by atoms with E-state index in [1.807, 2.05) is 0 Å². The zero-order valence-corrected chi connectivity index (χ0v) is 14.9. The molecule has 0 radical (unpaired) electrons. The molecule has 110 valence electrons. The van der Waals surface area contributed by atoms with E-state index < -0.39 is 0 Å². The summed E-state index contributed by atoms with van der Waals surface area (Å²) < 4.78 is 0.689. The van der Waals surface area contributed by atoms with Gasteiger partial charge < -0.3 is 4.90 Å². The Bertz CT molecular complexity index is 670. The lowest BCUT2D eigenvalue weighted by atomic mass is 10.1. The van der Waals surface area contributed by atoms with E-state index in [1.165, 1.54) is 0 Å². The van der Waals surface area contributed by atoms with Gasteiger partial charge in [0.05, 0.1) is 10.6 Å².